The van der Waals surface area contributed by atoms with Crippen molar-refractivity contribution < 1.29 is 4.39 Å². The molecule has 2 N–H and O–H groups in total. The molecule has 0 saturated heterocycles. The molecule has 2 aromatic carbocycles. The molecule has 1 aliphatic heterocycles. The zero-order chi connectivity index (χ0) is 23.7. The Kier molecular flexibility index (Phi) is 5.93. The molecule has 0 amide bonds. The summed E-state index contributed by atoms with van der Waals surface area (Å²) in [6.45, 7) is 6.17. The van der Waals surface area contributed by atoms with Gasteiger partial charge in [-0.05, 0) is 44.7 Å². The zero-order valence-corrected chi connectivity index (χ0v) is 19.5. The number of halogens is 1. The Morgan fingerprint density at radius 3 is 2.65 bits per heavy atom. The predicted octanol–water partition coefficient (Wildman–Crippen LogP) is 4.26. The number of rotatable bonds is 6. The number of aromatic nitrogens is 5. The van der Waals surface area contributed by atoms with E-state index in [2.05, 4.69) is 56.9 Å². The lowest BCUT2D eigenvalue weighted by Crippen LogP contribution is -2.33. The fraction of sp³-hybridized carbons (Fsp3) is 0.280. The van der Waals surface area contributed by atoms with Crippen LogP contribution in [0.4, 0.5) is 21.8 Å². The second kappa shape index (κ2) is 9.18. The molecule has 1 atom stereocenters. The van der Waals surface area contributed by atoms with Crippen LogP contribution in [-0.2, 0) is 6.54 Å². The van der Waals surface area contributed by atoms with Crippen LogP contribution in [0.25, 0.3) is 5.69 Å². The summed E-state index contributed by atoms with van der Waals surface area (Å²) in [6.07, 6.45) is 1.50. The second-order valence-corrected chi connectivity index (χ2v) is 8.48. The Labute approximate surface area is 197 Å². The molecule has 9 heteroatoms. The summed E-state index contributed by atoms with van der Waals surface area (Å²) in [6, 6.07) is 15.3. The minimum Gasteiger partial charge on any atom is -0.370 e. The average molecular weight is 459 g/mol. The number of nitrogens with one attached hydrogen (secondary N) is 2. The van der Waals surface area contributed by atoms with Gasteiger partial charge in [-0.15, -0.1) is 0 Å². The van der Waals surface area contributed by atoms with Crippen LogP contribution in [0, 0.1) is 12.7 Å². The van der Waals surface area contributed by atoms with Crippen molar-refractivity contribution in [2.45, 2.75) is 26.3 Å². The molecular formula is C25H27FN8. The van der Waals surface area contributed by atoms with Crippen molar-refractivity contribution in [1.29, 1.82) is 0 Å². The zero-order valence-electron chi connectivity index (χ0n) is 19.5. The first kappa shape index (κ1) is 22.0. The number of anilines is 3. The minimum absolute atomic E-state index is 0.116. The first-order chi connectivity index (χ1) is 16.5. The molecule has 1 unspecified atom stereocenters. The lowest BCUT2D eigenvalue weighted by Gasteiger charge is -2.33. The van der Waals surface area contributed by atoms with E-state index in [4.69, 9.17) is 9.97 Å². The molecule has 0 spiro atoms. The van der Waals surface area contributed by atoms with E-state index in [0.29, 0.717) is 23.1 Å². The van der Waals surface area contributed by atoms with E-state index < -0.39 is 5.82 Å². The third kappa shape index (κ3) is 4.34. The van der Waals surface area contributed by atoms with Crippen LogP contribution >= 0.6 is 0 Å². The van der Waals surface area contributed by atoms with Crippen molar-refractivity contribution in [1.82, 2.24) is 29.6 Å². The van der Waals surface area contributed by atoms with Crippen molar-refractivity contribution in [3.63, 3.8) is 0 Å². The Morgan fingerprint density at radius 2 is 1.94 bits per heavy atom. The van der Waals surface area contributed by atoms with Gasteiger partial charge in [0.05, 0.1) is 5.69 Å². The van der Waals surface area contributed by atoms with Gasteiger partial charge in [0.2, 0.25) is 5.95 Å². The van der Waals surface area contributed by atoms with Crippen LogP contribution in [0.3, 0.4) is 0 Å². The van der Waals surface area contributed by atoms with Gasteiger partial charge in [-0.25, -0.2) is 19.0 Å². The SMILES string of the molecule is CCNc1nc(Nc2ccc(-n3cnc(C)n3)c(F)c2)nc2c1CN(C)CC2c1ccccc1. The maximum atomic E-state index is 14.9. The standard InChI is InChI=1S/C25H27FN8/c1-4-27-24-20-14-33(3)13-19(17-8-6-5-7-9-17)23(20)30-25(31-24)29-18-10-11-22(21(26)12-18)34-15-28-16(2)32-34/h5-12,15,19H,4,13-14H2,1-3H3,(H2,27,29,30,31). The van der Waals surface area contributed by atoms with E-state index in [0.717, 1.165) is 36.7 Å². The van der Waals surface area contributed by atoms with Gasteiger partial charge >= 0.3 is 0 Å². The maximum Gasteiger partial charge on any atom is 0.229 e. The van der Waals surface area contributed by atoms with Gasteiger partial charge in [-0.3, -0.25) is 0 Å². The highest BCUT2D eigenvalue weighted by molar-refractivity contribution is 5.60. The van der Waals surface area contributed by atoms with E-state index in [9.17, 15) is 4.39 Å². The van der Waals surface area contributed by atoms with E-state index >= 15 is 0 Å². The van der Waals surface area contributed by atoms with Crippen molar-refractivity contribution in [3.8, 4) is 5.69 Å². The van der Waals surface area contributed by atoms with Crippen LogP contribution < -0.4 is 10.6 Å². The Morgan fingerprint density at radius 1 is 1.12 bits per heavy atom. The fourth-order valence-corrected chi connectivity index (χ4v) is 4.36. The Bertz CT molecular complexity index is 1300. The average Bonchev–Trinajstić information content (AvgIpc) is 3.26. The summed E-state index contributed by atoms with van der Waals surface area (Å²) in [5.74, 6) is 1.52. The molecule has 2 aromatic heterocycles. The highest BCUT2D eigenvalue weighted by atomic mass is 19.1. The highest BCUT2D eigenvalue weighted by Crippen LogP contribution is 2.35. The van der Waals surface area contributed by atoms with Crippen molar-refractivity contribution in [2.24, 2.45) is 0 Å². The molecule has 174 valence electrons. The van der Waals surface area contributed by atoms with E-state index in [-0.39, 0.29) is 5.92 Å². The summed E-state index contributed by atoms with van der Waals surface area (Å²) < 4.78 is 16.3. The Hall–Kier alpha value is -3.85. The molecule has 1 aliphatic rings. The minimum atomic E-state index is -0.413. The third-order valence-electron chi connectivity index (χ3n) is 5.89. The van der Waals surface area contributed by atoms with Crippen molar-refractivity contribution in [3.05, 3.63) is 83.3 Å². The number of likely N-dealkylation sites (N-methyl/N-ethyl adjacent to an activating group) is 1. The topological polar surface area (TPSA) is 83.8 Å². The van der Waals surface area contributed by atoms with E-state index in [1.54, 1.807) is 19.1 Å². The number of fused-ring (bicyclic) bond motifs is 1. The smallest absolute Gasteiger partial charge is 0.229 e. The molecular weight excluding hydrogens is 431 g/mol. The van der Waals surface area contributed by atoms with E-state index in [1.165, 1.54) is 22.6 Å². The molecule has 0 saturated carbocycles. The monoisotopic (exact) mass is 458 g/mol. The van der Waals surface area contributed by atoms with Gasteiger partial charge in [0.25, 0.3) is 0 Å². The second-order valence-electron chi connectivity index (χ2n) is 8.48. The van der Waals surface area contributed by atoms with Crippen LogP contribution in [0.15, 0.2) is 54.9 Å². The summed E-state index contributed by atoms with van der Waals surface area (Å²) >= 11 is 0. The molecule has 0 radical (unpaired) electrons. The number of benzene rings is 2. The molecule has 0 bridgehead atoms. The van der Waals surface area contributed by atoms with Crippen LogP contribution in [0.2, 0.25) is 0 Å². The lowest BCUT2D eigenvalue weighted by molar-refractivity contribution is 0.292. The summed E-state index contributed by atoms with van der Waals surface area (Å²) in [4.78, 5) is 16.0. The number of aryl methyl sites for hydroxylation is 1. The van der Waals surface area contributed by atoms with Crippen LogP contribution in [0.5, 0.6) is 0 Å². The first-order valence-electron chi connectivity index (χ1n) is 11.3. The van der Waals surface area contributed by atoms with Gasteiger partial charge in [-0.1, -0.05) is 30.3 Å². The first-order valence-corrected chi connectivity index (χ1v) is 11.3. The lowest BCUT2D eigenvalue weighted by atomic mass is 9.89. The number of hydrogen-bond acceptors (Lipinski definition) is 7. The Balaban J connectivity index is 1.51. The van der Waals surface area contributed by atoms with Gasteiger partial charge < -0.3 is 15.5 Å². The van der Waals surface area contributed by atoms with Gasteiger partial charge in [0.1, 0.15) is 23.7 Å². The molecule has 5 rings (SSSR count). The van der Waals surface area contributed by atoms with Gasteiger partial charge in [0.15, 0.2) is 5.82 Å². The molecule has 0 fully saturated rings. The van der Waals surface area contributed by atoms with Crippen LogP contribution in [0.1, 0.15) is 35.5 Å². The van der Waals surface area contributed by atoms with Crippen molar-refractivity contribution >= 4 is 17.5 Å². The summed E-state index contributed by atoms with van der Waals surface area (Å²) in [5, 5.41) is 10.8. The molecule has 3 heterocycles. The summed E-state index contributed by atoms with van der Waals surface area (Å²) in [5.41, 5.74) is 4.19. The molecule has 8 nitrogen and oxygen atoms in total. The molecule has 34 heavy (non-hydrogen) atoms. The summed E-state index contributed by atoms with van der Waals surface area (Å²) in [7, 11) is 2.11. The van der Waals surface area contributed by atoms with Gasteiger partial charge in [0, 0.05) is 36.8 Å². The van der Waals surface area contributed by atoms with Gasteiger partial charge in [-0.2, -0.15) is 10.1 Å². The van der Waals surface area contributed by atoms with Crippen molar-refractivity contribution in [2.75, 3.05) is 30.8 Å². The molecule has 0 aliphatic carbocycles. The van der Waals surface area contributed by atoms with Crippen LogP contribution in [-0.4, -0.2) is 49.8 Å². The third-order valence-corrected chi connectivity index (χ3v) is 5.89. The highest BCUT2D eigenvalue weighted by Gasteiger charge is 2.29. The van der Waals surface area contributed by atoms with E-state index in [1.807, 2.05) is 13.0 Å². The largest absolute Gasteiger partial charge is 0.370 e. The number of nitrogens with zero attached hydrogens (tertiary/aromatic N) is 6. The predicted molar refractivity (Wildman–Crippen MR) is 130 cm³/mol. The quantitative estimate of drug-likeness (QED) is 0.447. The fourth-order valence-electron chi connectivity index (χ4n) is 4.36. The normalized spacial score (nSPS) is 15.7. The molecule has 4 aromatic rings. The number of hydrogen-bond donors (Lipinski definition) is 2. The maximum absolute atomic E-state index is 14.9.